The normalized spacial score (nSPS) is 14.2. The van der Waals surface area contributed by atoms with Gasteiger partial charge in [0.2, 0.25) is 0 Å². The molecule has 0 amide bonds. The van der Waals surface area contributed by atoms with Gasteiger partial charge in [0.15, 0.2) is 0 Å². The van der Waals surface area contributed by atoms with E-state index < -0.39 is 0 Å². The summed E-state index contributed by atoms with van der Waals surface area (Å²) in [6, 6.07) is 0.543. The zero-order chi connectivity index (χ0) is 11.7. The van der Waals surface area contributed by atoms with E-state index in [0.29, 0.717) is 6.04 Å². The standard InChI is InChI=1S/C13H29NO/c1-6-7-8-9-10-14-12(2)11-13(3,4)15-5/h12,14H,6-11H2,1-5H3/t12-/m1/s1. The molecule has 1 atom stereocenters. The Hall–Kier alpha value is -0.0800. The van der Waals surface area contributed by atoms with Gasteiger partial charge >= 0.3 is 0 Å². The average Bonchev–Trinajstić information content (AvgIpc) is 2.17. The number of nitrogens with one attached hydrogen (secondary N) is 1. The van der Waals surface area contributed by atoms with Crippen LogP contribution in [0.2, 0.25) is 0 Å². The highest BCUT2D eigenvalue weighted by atomic mass is 16.5. The molecule has 2 heteroatoms. The predicted molar refractivity (Wildman–Crippen MR) is 67.3 cm³/mol. The van der Waals surface area contributed by atoms with Crippen LogP contribution < -0.4 is 5.32 Å². The summed E-state index contributed by atoms with van der Waals surface area (Å²) in [6.07, 6.45) is 6.39. The van der Waals surface area contributed by atoms with Crippen LogP contribution in [0.4, 0.5) is 0 Å². The maximum absolute atomic E-state index is 5.41. The number of hydrogen-bond acceptors (Lipinski definition) is 2. The summed E-state index contributed by atoms with van der Waals surface area (Å²) in [5.41, 5.74) is -0.00413. The topological polar surface area (TPSA) is 21.3 Å². The van der Waals surface area contributed by atoms with Crippen molar-refractivity contribution in [3.8, 4) is 0 Å². The number of hydrogen-bond donors (Lipinski definition) is 1. The van der Waals surface area contributed by atoms with Crippen LogP contribution in [0.5, 0.6) is 0 Å². The summed E-state index contributed by atoms with van der Waals surface area (Å²) < 4.78 is 5.41. The molecule has 0 aliphatic carbocycles. The Morgan fingerprint density at radius 3 is 2.40 bits per heavy atom. The van der Waals surface area contributed by atoms with Crippen LogP contribution in [0.3, 0.4) is 0 Å². The average molecular weight is 215 g/mol. The molecule has 15 heavy (non-hydrogen) atoms. The third-order valence-electron chi connectivity index (χ3n) is 2.87. The molecule has 0 bridgehead atoms. The van der Waals surface area contributed by atoms with Gasteiger partial charge < -0.3 is 10.1 Å². The van der Waals surface area contributed by atoms with Crippen molar-refractivity contribution in [2.24, 2.45) is 0 Å². The first-order chi connectivity index (χ1) is 7.02. The van der Waals surface area contributed by atoms with E-state index in [-0.39, 0.29) is 5.60 Å². The highest BCUT2D eigenvalue weighted by Gasteiger charge is 2.19. The maximum Gasteiger partial charge on any atom is 0.0637 e. The van der Waals surface area contributed by atoms with Crippen LogP contribution in [-0.2, 0) is 4.74 Å². The lowest BCUT2D eigenvalue weighted by molar-refractivity contribution is 0.00859. The summed E-state index contributed by atoms with van der Waals surface area (Å²) in [6.45, 7) is 9.91. The number of unbranched alkanes of at least 4 members (excludes halogenated alkanes) is 3. The zero-order valence-electron chi connectivity index (χ0n) is 11.2. The highest BCUT2D eigenvalue weighted by molar-refractivity contribution is 4.75. The number of rotatable bonds is 9. The van der Waals surface area contributed by atoms with E-state index in [0.717, 1.165) is 13.0 Å². The fraction of sp³-hybridized carbons (Fsp3) is 1.00. The SMILES string of the molecule is CCCCCCN[C@H](C)CC(C)(C)OC. The van der Waals surface area contributed by atoms with E-state index in [1.165, 1.54) is 25.7 Å². The molecule has 0 rings (SSSR count). The van der Waals surface area contributed by atoms with Gasteiger partial charge in [-0.3, -0.25) is 0 Å². The lowest BCUT2D eigenvalue weighted by atomic mass is 10.00. The first-order valence-corrected chi connectivity index (χ1v) is 6.30. The Morgan fingerprint density at radius 2 is 1.87 bits per heavy atom. The monoisotopic (exact) mass is 215 g/mol. The second-order valence-corrected chi connectivity index (χ2v) is 5.08. The molecular formula is C13H29NO. The molecule has 0 radical (unpaired) electrons. The van der Waals surface area contributed by atoms with Gasteiger partial charge in [0.05, 0.1) is 5.60 Å². The van der Waals surface area contributed by atoms with Crippen LogP contribution in [0.1, 0.15) is 59.8 Å². The van der Waals surface area contributed by atoms with Crippen molar-refractivity contribution >= 4 is 0 Å². The van der Waals surface area contributed by atoms with Gasteiger partial charge in [-0.2, -0.15) is 0 Å². The molecule has 0 aliphatic rings. The third kappa shape index (κ3) is 8.88. The Labute approximate surface area is 95.8 Å². The lowest BCUT2D eigenvalue weighted by Gasteiger charge is -2.27. The molecule has 0 aromatic rings. The van der Waals surface area contributed by atoms with Crippen LogP contribution in [0.15, 0.2) is 0 Å². The molecule has 0 aromatic heterocycles. The van der Waals surface area contributed by atoms with Crippen molar-refractivity contribution in [2.45, 2.75) is 71.4 Å². The molecule has 0 spiro atoms. The smallest absolute Gasteiger partial charge is 0.0637 e. The zero-order valence-corrected chi connectivity index (χ0v) is 11.2. The van der Waals surface area contributed by atoms with Crippen molar-refractivity contribution in [3.63, 3.8) is 0 Å². The van der Waals surface area contributed by atoms with Gasteiger partial charge in [0, 0.05) is 13.2 Å². The Bertz CT molecular complexity index is 145. The van der Waals surface area contributed by atoms with Crippen LogP contribution in [-0.4, -0.2) is 25.3 Å². The molecule has 0 fully saturated rings. The number of ether oxygens (including phenoxy) is 1. The highest BCUT2D eigenvalue weighted by Crippen LogP contribution is 2.15. The summed E-state index contributed by atoms with van der Waals surface area (Å²) in [5.74, 6) is 0. The first-order valence-electron chi connectivity index (χ1n) is 6.30. The molecular weight excluding hydrogens is 186 g/mol. The van der Waals surface area contributed by atoms with E-state index in [2.05, 4.69) is 33.0 Å². The Balaban J connectivity index is 3.45. The van der Waals surface area contributed by atoms with E-state index >= 15 is 0 Å². The van der Waals surface area contributed by atoms with Crippen molar-refractivity contribution in [3.05, 3.63) is 0 Å². The van der Waals surface area contributed by atoms with Crippen LogP contribution in [0, 0.1) is 0 Å². The third-order valence-corrected chi connectivity index (χ3v) is 2.87. The maximum atomic E-state index is 5.41. The van der Waals surface area contributed by atoms with E-state index in [1.807, 2.05) is 0 Å². The minimum Gasteiger partial charge on any atom is -0.379 e. The fourth-order valence-corrected chi connectivity index (χ4v) is 1.79. The minimum atomic E-state index is -0.00413. The van der Waals surface area contributed by atoms with Gasteiger partial charge in [0.25, 0.3) is 0 Å². The molecule has 1 N–H and O–H groups in total. The lowest BCUT2D eigenvalue weighted by Crippen LogP contribution is -2.36. The van der Waals surface area contributed by atoms with Crippen molar-refractivity contribution in [1.82, 2.24) is 5.32 Å². The predicted octanol–water partition coefficient (Wildman–Crippen LogP) is 3.36. The summed E-state index contributed by atoms with van der Waals surface area (Å²) >= 11 is 0. The molecule has 2 nitrogen and oxygen atoms in total. The van der Waals surface area contributed by atoms with Gasteiger partial charge in [-0.15, -0.1) is 0 Å². The van der Waals surface area contributed by atoms with E-state index in [4.69, 9.17) is 4.74 Å². The van der Waals surface area contributed by atoms with Crippen molar-refractivity contribution in [2.75, 3.05) is 13.7 Å². The summed E-state index contributed by atoms with van der Waals surface area (Å²) in [4.78, 5) is 0. The van der Waals surface area contributed by atoms with Crippen LogP contribution >= 0.6 is 0 Å². The minimum absolute atomic E-state index is 0.00413. The van der Waals surface area contributed by atoms with Crippen molar-refractivity contribution in [1.29, 1.82) is 0 Å². The summed E-state index contributed by atoms with van der Waals surface area (Å²) in [5, 5.41) is 3.55. The second-order valence-electron chi connectivity index (χ2n) is 5.08. The van der Waals surface area contributed by atoms with E-state index in [9.17, 15) is 0 Å². The fourth-order valence-electron chi connectivity index (χ4n) is 1.79. The molecule has 0 saturated heterocycles. The molecule has 92 valence electrons. The quantitative estimate of drug-likeness (QED) is 0.595. The Morgan fingerprint density at radius 1 is 1.20 bits per heavy atom. The van der Waals surface area contributed by atoms with Gasteiger partial charge in [-0.25, -0.2) is 0 Å². The van der Waals surface area contributed by atoms with Gasteiger partial charge in [-0.1, -0.05) is 26.2 Å². The second kappa shape index (κ2) is 8.12. The summed E-state index contributed by atoms with van der Waals surface area (Å²) in [7, 11) is 1.79. The van der Waals surface area contributed by atoms with Gasteiger partial charge in [0.1, 0.15) is 0 Å². The van der Waals surface area contributed by atoms with E-state index in [1.54, 1.807) is 7.11 Å². The molecule has 0 unspecified atom stereocenters. The molecule has 0 aromatic carbocycles. The largest absolute Gasteiger partial charge is 0.379 e. The van der Waals surface area contributed by atoms with Gasteiger partial charge in [-0.05, 0) is 40.2 Å². The molecule has 0 heterocycles. The van der Waals surface area contributed by atoms with Crippen LogP contribution in [0.25, 0.3) is 0 Å². The molecule has 0 saturated carbocycles. The number of methoxy groups -OCH3 is 1. The first kappa shape index (κ1) is 14.9. The van der Waals surface area contributed by atoms with Crippen molar-refractivity contribution < 1.29 is 4.74 Å². The molecule has 0 aliphatic heterocycles. The Kier molecular flexibility index (Phi) is 8.07.